The molecule has 1 aromatic heterocycles. The van der Waals surface area contributed by atoms with Crippen LogP contribution < -0.4 is 15.1 Å². The Labute approximate surface area is 150 Å². The molecule has 2 N–H and O–H groups in total. The molecule has 1 fully saturated rings. The van der Waals surface area contributed by atoms with Crippen LogP contribution in [0.25, 0.3) is 0 Å². The van der Waals surface area contributed by atoms with Crippen molar-refractivity contribution in [2.45, 2.75) is 26.1 Å². The van der Waals surface area contributed by atoms with Gasteiger partial charge >= 0.3 is 6.09 Å². The number of aromatic amines is 1. The van der Waals surface area contributed by atoms with Gasteiger partial charge in [-0.25, -0.2) is 9.18 Å². The molecule has 0 bridgehead atoms. The van der Waals surface area contributed by atoms with Gasteiger partial charge in [-0.3, -0.25) is 14.8 Å². The highest BCUT2D eigenvalue weighted by Gasteiger charge is 2.33. The summed E-state index contributed by atoms with van der Waals surface area (Å²) in [5.74, 6) is -0.674. The van der Waals surface area contributed by atoms with E-state index in [9.17, 15) is 14.0 Å². The van der Waals surface area contributed by atoms with Gasteiger partial charge in [0.15, 0.2) is 0 Å². The van der Waals surface area contributed by atoms with Crippen molar-refractivity contribution in [3.05, 3.63) is 41.4 Å². The molecule has 4 rings (SSSR count). The van der Waals surface area contributed by atoms with Crippen molar-refractivity contribution in [3.63, 3.8) is 0 Å². The molecule has 0 radical (unpaired) electrons. The number of H-pyrrole nitrogens is 1. The minimum absolute atomic E-state index is 0.207. The van der Waals surface area contributed by atoms with E-state index in [2.05, 4.69) is 15.5 Å². The molecular formula is C17H18FN5O3. The molecule has 3 heterocycles. The molecule has 2 aliphatic rings. The van der Waals surface area contributed by atoms with Gasteiger partial charge in [0, 0.05) is 25.2 Å². The highest BCUT2D eigenvalue weighted by molar-refractivity contribution is 5.90. The lowest BCUT2D eigenvalue weighted by molar-refractivity contribution is -0.119. The van der Waals surface area contributed by atoms with Crippen LogP contribution >= 0.6 is 0 Å². The highest BCUT2D eigenvalue weighted by Crippen LogP contribution is 2.32. The zero-order chi connectivity index (χ0) is 19.1. The lowest BCUT2D eigenvalue weighted by Gasteiger charge is -2.20. The third kappa shape index (κ3) is 2.96. The first-order valence-electron chi connectivity index (χ1n) is 8.72. The molecule has 2 aliphatic heterocycles. The molecular weight excluding hydrogens is 344 g/mol. The van der Waals surface area contributed by atoms with Crippen LogP contribution in [0.15, 0.2) is 24.4 Å². The number of cyclic esters (lactones) is 1. The Morgan fingerprint density at radius 1 is 1.54 bits per heavy atom. The van der Waals surface area contributed by atoms with Crippen LogP contribution in [0, 0.1) is 5.82 Å². The number of carbonyl (C=O) groups is 2. The maximum Gasteiger partial charge on any atom is 0.414 e. The van der Waals surface area contributed by atoms with Crippen LogP contribution in [0.2, 0.25) is 0 Å². The van der Waals surface area contributed by atoms with Gasteiger partial charge in [-0.1, -0.05) is 0 Å². The number of nitrogens with one attached hydrogen (secondary N) is 2. The number of benzene rings is 1. The fourth-order valence-electron chi connectivity index (χ4n) is 3.18. The van der Waals surface area contributed by atoms with E-state index >= 15 is 0 Å². The van der Waals surface area contributed by atoms with Gasteiger partial charge < -0.3 is 15.0 Å². The first-order chi connectivity index (χ1) is 12.9. The number of aromatic nitrogens is 2. The molecule has 26 heavy (non-hydrogen) atoms. The summed E-state index contributed by atoms with van der Waals surface area (Å²) in [5, 5.41) is 9.27. The number of nitrogens with zero attached hydrogens (tertiary/aromatic N) is 3. The third-order valence-corrected chi connectivity index (χ3v) is 4.47. The predicted octanol–water partition coefficient (Wildman–Crippen LogP) is 1.53. The number of halogens is 1. The van der Waals surface area contributed by atoms with Gasteiger partial charge in [-0.15, -0.1) is 0 Å². The van der Waals surface area contributed by atoms with E-state index in [1.54, 1.807) is 17.0 Å². The van der Waals surface area contributed by atoms with Crippen molar-refractivity contribution >= 4 is 23.4 Å². The number of ether oxygens (including phenoxy) is 1. The van der Waals surface area contributed by atoms with Crippen LogP contribution in [-0.2, 0) is 22.6 Å². The van der Waals surface area contributed by atoms with E-state index < -0.39 is 18.0 Å². The van der Waals surface area contributed by atoms with E-state index in [4.69, 9.17) is 6.11 Å². The van der Waals surface area contributed by atoms with E-state index in [-0.39, 0.29) is 25.2 Å². The minimum Gasteiger partial charge on any atom is -0.442 e. The smallest absolute Gasteiger partial charge is 0.414 e. The number of carbonyl (C=O) groups excluding carboxylic acids is 2. The second-order valence-corrected chi connectivity index (χ2v) is 6.32. The van der Waals surface area contributed by atoms with E-state index in [0.717, 1.165) is 11.3 Å². The topological polar surface area (TPSA) is 90.6 Å². The Balaban J connectivity index is 1.48. The number of fused-ring (bicyclic) bond motifs is 1. The fraction of sp³-hybridized carbons (Fsp3) is 0.353. The molecule has 0 spiro atoms. The summed E-state index contributed by atoms with van der Waals surface area (Å²) in [7, 11) is 0. The van der Waals surface area contributed by atoms with Gasteiger partial charge in [-0.2, -0.15) is 5.10 Å². The molecule has 0 aliphatic carbocycles. The summed E-state index contributed by atoms with van der Waals surface area (Å²) in [6.07, 6.45) is -0.804. The second kappa shape index (κ2) is 6.32. The van der Waals surface area contributed by atoms with Crippen LogP contribution in [0.5, 0.6) is 0 Å². The molecule has 1 aromatic carbocycles. The van der Waals surface area contributed by atoms with Crippen LogP contribution in [-0.4, -0.2) is 41.4 Å². The monoisotopic (exact) mass is 363 g/mol. The highest BCUT2D eigenvalue weighted by atomic mass is 19.1. The second-order valence-electron chi connectivity index (χ2n) is 6.32. The maximum atomic E-state index is 14.7. The van der Waals surface area contributed by atoms with Crippen molar-refractivity contribution in [1.29, 1.82) is 0 Å². The minimum atomic E-state index is -0.572. The van der Waals surface area contributed by atoms with E-state index in [0.29, 0.717) is 24.5 Å². The van der Waals surface area contributed by atoms with Gasteiger partial charge in [-0.05, 0) is 18.2 Å². The number of hydrogen-bond donors (Lipinski definition) is 2. The Bertz CT molecular complexity index is 918. The molecule has 2 aromatic rings. The van der Waals surface area contributed by atoms with Crippen molar-refractivity contribution in [3.8, 4) is 0 Å². The zero-order valence-electron chi connectivity index (χ0n) is 15.1. The van der Waals surface area contributed by atoms with Gasteiger partial charge in [0.2, 0.25) is 5.91 Å². The zero-order valence-corrected chi connectivity index (χ0v) is 14.1. The number of amides is 2. The maximum absolute atomic E-state index is 14.7. The average Bonchev–Trinajstić information content (AvgIpc) is 3.29. The number of anilines is 2. The van der Waals surface area contributed by atoms with Gasteiger partial charge in [0.05, 0.1) is 38.1 Å². The number of rotatable bonds is 4. The SMILES string of the molecule is [2H][13c]1[15nH][15n]c2c1CN(c1ccc(N3C[C@H](CNC(C)=O)OC3=O)cc1F)C2. The molecule has 8 nitrogen and oxygen atoms in total. The Hall–Kier alpha value is -3.10. The van der Waals surface area contributed by atoms with E-state index in [1.165, 1.54) is 17.9 Å². The molecule has 9 heteroatoms. The Morgan fingerprint density at radius 2 is 2.38 bits per heavy atom. The van der Waals surface area contributed by atoms with Gasteiger partial charge in [0.1, 0.15) is 11.9 Å². The predicted molar refractivity (Wildman–Crippen MR) is 91.2 cm³/mol. The van der Waals surface area contributed by atoms with E-state index in [1.807, 2.05) is 0 Å². The van der Waals surface area contributed by atoms with Crippen molar-refractivity contribution in [1.82, 2.24) is 15.5 Å². The van der Waals surface area contributed by atoms with Crippen molar-refractivity contribution in [2.24, 2.45) is 0 Å². The summed E-state index contributed by atoms with van der Waals surface area (Å²) in [5.41, 5.74) is 2.29. The first kappa shape index (κ1) is 15.2. The summed E-state index contributed by atoms with van der Waals surface area (Å²) in [6, 6.07) is 4.56. The molecule has 2 amide bonds. The Morgan fingerprint density at radius 3 is 3.12 bits per heavy atom. The molecule has 1 atom stereocenters. The molecule has 0 unspecified atom stereocenters. The molecule has 136 valence electrons. The largest absolute Gasteiger partial charge is 0.442 e. The first-order valence-corrected chi connectivity index (χ1v) is 8.22. The Kier molecular flexibility index (Phi) is 3.69. The average molecular weight is 363 g/mol. The van der Waals surface area contributed by atoms with Crippen LogP contribution in [0.3, 0.4) is 0 Å². The summed E-state index contributed by atoms with van der Waals surface area (Å²) >= 11 is 0. The summed E-state index contributed by atoms with van der Waals surface area (Å²) < 4.78 is 27.7. The lowest BCUT2D eigenvalue weighted by Crippen LogP contribution is -2.33. The quantitative estimate of drug-likeness (QED) is 0.860. The number of hydrogen-bond acceptors (Lipinski definition) is 5. The summed E-state index contributed by atoms with van der Waals surface area (Å²) in [4.78, 5) is 26.2. The van der Waals surface area contributed by atoms with Gasteiger partial charge in [0.25, 0.3) is 0 Å². The summed E-state index contributed by atoms with van der Waals surface area (Å²) in [6.45, 7) is 2.67. The van der Waals surface area contributed by atoms with Crippen molar-refractivity contribution in [2.75, 3.05) is 22.9 Å². The fourth-order valence-corrected chi connectivity index (χ4v) is 3.18. The molecule has 1 saturated heterocycles. The lowest BCUT2D eigenvalue weighted by atomic mass is 10.2. The normalized spacial score (nSPS) is 19.4. The van der Waals surface area contributed by atoms with Crippen molar-refractivity contribution < 1.29 is 20.1 Å². The third-order valence-electron chi connectivity index (χ3n) is 4.47. The van der Waals surface area contributed by atoms with Crippen LogP contribution in [0.4, 0.5) is 20.6 Å². The standard InChI is InChI=1S/C17H18FN5O3/c1-10(24)19-6-13-8-23(17(25)26-13)12-2-3-16(14(18)4-12)22-7-11-5-20-21-15(11)9-22/h2-5,13H,6-9H2,1H3,(H,19,24)(H,20,21)/t13-/m0/s1/i5+1D,20+1,21+1. The molecule has 0 saturated carbocycles. The van der Waals surface area contributed by atoms with Crippen LogP contribution in [0.1, 0.15) is 19.6 Å².